The van der Waals surface area contributed by atoms with Crippen molar-refractivity contribution in [3.05, 3.63) is 59.2 Å². The van der Waals surface area contributed by atoms with Crippen LogP contribution >= 0.6 is 0 Å². The maximum absolute atomic E-state index is 12.6. The average molecular weight is 338 g/mol. The van der Waals surface area contributed by atoms with Crippen LogP contribution in [0, 0.1) is 6.92 Å². The molecule has 1 heterocycles. The first-order valence-corrected chi connectivity index (χ1v) is 8.50. The molecule has 5 heteroatoms. The Kier molecular flexibility index (Phi) is 5.03. The van der Waals surface area contributed by atoms with E-state index in [1.165, 1.54) is 0 Å². The number of benzene rings is 2. The standard InChI is InChI=1S/C20H22N2O3/c1-3-10-25-18-7-5-4-6-15(18)13-22-17-9-8-14(2)11-16(17)20(24)21-12-19(22)23/h4-9,11H,3,10,12-13H2,1-2H3,(H,21,24). The van der Waals surface area contributed by atoms with Crippen LogP contribution < -0.4 is 15.0 Å². The van der Waals surface area contributed by atoms with Crippen LogP contribution in [0.5, 0.6) is 5.75 Å². The minimum atomic E-state index is -0.218. The molecule has 0 aromatic heterocycles. The van der Waals surface area contributed by atoms with Crippen LogP contribution in [0.3, 0.4) is 0 Å². The molecule has 2 amide bonds. The van der Waals surface area contributed by atoms with Crippen molar-refractivity contribution in [2.75, 3.05) is 18.1 Å². The lowest BCUT2D eigenvalue weighted by Crippen LogP contribution is -2.36. The van der Waals surface area contributed by atoms with E-state index in [0.29, 0.717) is 24.4 Å². The quantitative estimate of drug-likeness (QED) is 0.911. The fraction of sp³-hybridized carbons (Fsp3) is 0.300. The summed E-state index contributed by atoms with van der Waals surface area (Å²) in [7, 11) is 0. The first-order valence-electron chi connectivity index (χ1n) is 8.50. The van der Waals surface area contributed by atoms with Gasteiger partial charge in [-0.3, -0.25) is 9.59 Å². The van der Waals surface area contributed by atoms with Crippen LogP contribution in [0.25, 0.3) is 0 Å². The predicted octanol–water partition coefficient (Wildman–Crippen LogP) is 3.06. The fourth-order valence-electron chi connectivity index (χ4n) is 2.88. The lowest BCUT2D eigenvalue weighted by atomic mass is 10.1. The molecule has 0 saturated heterocycles. The van der Waals surface area contributed by atoms with Crippen molar-refractivity contribution in [3.8, 4) is 5.75 Å². The number of carbonyl (C=O) groups excluding carboxylic acids is 2. The smallest absolute Gasteiger partial charge is 0.253 e. The molecule has 1 aliphatic heterocycles. The molecule has 0 radical (unpaired) electrons. The van der Waals surface area contributed by atoms with Crippen molar-refractivity contribution in [2.45, 2.75) is 26.8 Å². The van der Waals surface area contributed by atoms with Crippen LogP contribution in [0.15, 0.2) is 42.5 Å². The van der Waals surface area contributed by atoms with Gasteiger partial charge in [-0.25, -0.2) is 0 Å². The highest BCUT2D eigenvalue weighted by Crippen LogP contribution is 2.28. The molecule has 0 aliphatic carbocycles. The lowest BCUT2D eigenvalue weighted by Gasteiger charge is -2.23. The molecule has 3 rings (SSSR count). The molecule has 0 spiro atoms. The van der Waals surface area contributed by atoms with Gasteiger partial charge in [0.05, 0.1) is 30.9 Å². The van der Waals surface area contributed by atoms with E-state index < -0.39 is 0 Å². The maximum Gasteiger partial charge on any atom is 0.253 e. The molecule has 0 unspecified atom stereocenters. The van der Waals surface area contributed by atoms with Gasteiger partial charge >= 0.3 is 0 Å². The summed E-state index contributed by atoms with van der Waals surface area (Å²) in [5.74, 6) is 0.417. The van der Waals surface area contributed by atoms with Gasteiger partial charge in [0.15, 0.2) is 0 Å². The van der Waals surface area contributed by atoms with Gasteiger partial charge in [-0.2, -0.15) is 0 Å². The highest BCUT2D eigenvalue weighted by molar-refractivity contribution is 6.09. The first-order chi connectivity index (χ1) is 12.1. The number of ether oxygens (including phenoxy) is 1. The van der Waals surface area contributed by atoms with Gasteiger partial charge in [0.1, 0.15) is 5.75 Å². The summed E-state index contributed by atoms with van der Waals surface area (Å²) in [6.45, 7) is 4.96. The van der Waals surface area contributed by atoms with Gasteiger partial charge in [-0.1, -0.05) is 36.8 Å². The molecular weight excluding hydrogens is 316 g/mol. The van der Waals surface area contributed by atoms with E-state index in [-0.39, 0.29) is 18.4 Å². The van der Waals surface area contributed by atoms with Crippen LogP contribution in [-0.2, 0) is 11.3 Å². The van der Waals surface area contributed by atoms with E-state index in [4.69, 9.17) is 4.74 Å². The Morgan fingerprint density at radius 1 is 1.16 bits per heavy atom. The molecule has 2 aromatic rings. The fourth-order valence-corrected chi connectivity index (χ4v) is 2.88. The third-order valence-electron chi connectivity index (χ3n) is 4.15. The monoisotopic (exact) mass is 338 g/mol. The molecular formula is C20H22N2O3. The zero-order valence-corrected chi connectivity index (χ0v) is 14.5. The molecule has 25 heavy (non-hydrogen) atoms. The van der Waals surface area contributed by atoms with Gasteiger partial charge in [0.25, 0.3) is 5.91 Å². The maximum atomic E-state index is 12.6. The van der Waals surface area contributed by atoms with Crippen molar-refractivity contribution in [3.63, 3.8) is 0 Å². The third-order valence-corrected chi connectivity index (χ3v) is 4.15. The summed E-state index contributed by atoms with van der Waals surface area (Å²) in [5, 5.41) is 2.68. The van der Waals surface area contributed by atoms with E-state index >= 15 is 0 Å². The van der Waals surface area contributed by atoms with E-state index in [1.54, 1.807) is 4.90 Å². The number of hydrogen-bond donors (Lipinski definition) is 1. The second-order valence-corrected chi connectivity index (χ2v) is 6.14. The van der Waals surface area contributed by atoms with E-state index in [9.17, 15) is 9.59 Å². The summed E-state index contributed by atoms with van der Waals surface area (Å²) >= 11 is 0. The zero-order valence-electron chi connectivity index (χ0n) is 14.5. The molecule has 2 aromatic carbocycles. The average Bonchev–Trinajstić information content (AvgIpc) is 2.73. The number of carbonyl (C=O) groups is 2. The van der Waals surface area contributed by atoms with Gasteiger partial charge in [-0.05, 0) is 31.5 Å². The van der Waals surface area contributed by atoms with E-state index in [1.807, 2.05) is 49.4 Å². The van der Waals surface area contributed by atoms with Crippen LogP contribution in [0.2, 0.25) is 0 Å². The Hall–Kier alpha value is -2.82. The number of nitrogens with one attached hydrogen (secondary N) is 1. The predicted molar refractivity (Wildman–Crippen MR) is 96.9 cm³/mol. The number of hydrogen-bond acceptors (Lipinski definition) is 3. The second kappa shape index (κ2) is 7.38. The summed E-state index contributed by atoms with van der Waals surface area (Å²) in [5.41, 5.74) is 3.06. The van der Waals surface area contributed by atoms with Gasteiger partial charge in [-0.15, -0.1) is 0 Å². The Morgan fingerprint density at radius 3 is 2.76 bits per heavy atom. The molecule has 1 N–H and O–H groups in total. The first kappa shape index (κ1) is 17.0. The number of fused-ring (bicyclic) bond motifs is 1. The number of amides is 2. The number of rotatable bonds is 5. The number of nitrogens with zero attached hydrogens (tertiary/aromatic N) is 1. The Morgan fingerprint density at radius 2 is 1.96 bits per heavy atom. The highest BCUT2D eigenvalue weighted by atomic mass is 16.5. The molecule has 0 bridgehead atoms. The Balaban J connectivity index is 1.98. The molecule has 0 fully saturated rings. The van der Waals surface area contributed by atoms with Gasteiger partial charge in [0.2, 0.25) is 5.91 Å². The topological polar surface area (TPSA) is 58.6 Å². The molecule has 0 atom stereocenters. The molecule has 0 saturated carbocycles. The second-order valence-electron chi connectivity index (χ2n) is 6.14. The van der Waals surface area contributed by atoms with E-state index in [2.05, 4.69) is 12.2 Å². The summed E-state index contributed by atoms with van der Waals surface area (Å²) in [4.78, 5) is 26.6. The Bertz CT molecular complexity index is 801. The normalized spacial score (nSPS) is 13.9. The lowest BCUT2D eigenvalue weighted by molar-refractivity contribution is -0.117. The molecule has 1 aliphatic rings. The number of aryl methyl sites for hydroxylation is 1. The minimum Gasteiger partial charge on any atom is -0.493 e. The van der Waals surface area contributed by atoms with Crippen molar-refractivity contribution in [1.82, 2.24) is 5.32 Å². The Labute approximate surface area is 147 Å². The minimum absolute atomic E-state index is 0.00938. The number of para-hydroxylation sites is 1. The highest BCUT2D eigenvalue weighted by Gasteiger charge is 2.27. The zero-order chi connectivity index (χ0) is 17.8. The summed E-state index contributed by atoms with van der Waals surface area (Å²) < 4.78 is 5.80. The van der Waals surface area contributed by atoms with E-state index in [0.717, 1.165) is 23.3 Å². The van der Waals surface area contributed by atoms with Gasteiger partial charge < -0.3 is 15.0 Å². The third kappa shape index (κ3) is 3.65. The SMILES string of the molecule is CCCOc1ccccc1CN1C(=O)CNC(=O)c2cc(C)ccc21. The largest absolute Gasteiger partial charge is 0.493 e. The molecule has 5 nitrogen and oxygen atoms in total. The number of anilines is 1. The van der Waals surface area contributed by atoms with Crippen molar-refractivity contribution in [2.24, 2.45) is 0 Å². The van der Waals surface area contributed by atoms with Crippen molar-refractivity contribution in [1.29, 1.82) is 0 Å². The summed E-state index contributed by atoms with van der Waals surface area (Å²) in [6.07, 6.45) is 0.914. The molecule has 130 valence electrons. The van der Waals surface area contributed by atoms with Crippen molar-refractivity contribution >= 4 is 17.5 Å². The van der Waals surface area contributed by atoms with Crippen LogP contribution in [0.4, 0.5) is 5.69 Å². The summed E-state index contributed by atoms with van der Waals surface area (Å²) in [6, 6.07) is 13.3. The van der Waals surface area contributed by atoms with Crippen LogP contribution in [-0.4, -0.2) is 25.0 Å². The van der Waals surface area contributed by atoms with Crippen molar-refractivity contribution < 1.29 is 14.3 Å². The van der Waals surface area contributed by atoms with Gasteiger partial charge in [0, 0.05) is 5.56 Å². The van der Waals surface area contributed by atoms with Crippen LogP contribution in [0.1, 0.15) is 34.8 Å².